The molecule has 4 nitrogen and oxygen atoms in total. The van der Waals surface area contributed by atoms with E-state index in [1.807, 2.05) is 0 Å². The first-order valence-corrected chi connectivity index (χ1v) is 2.03. The van der Waals surface area contributed by atoms with Crippen LogP contribution in [0.5, 0.6) is 5.88 Å². The predicted octanol–water partition coefficient (Wildman–Crippen LogP) is -6.29. The average molecular weight is 160 g/mol. The van der Waals surface area contributed by atoms with Crippen LogP contribution in [0, 0.1) is 0 Å². The first kappa shape index (κ1) is 13.3. The van der Waals surface area contributed by atoms with Crippen molar-refractivity contribution in [1.82, 2.24) is 9.97 Å². The molecule has 0 saturated heterocycles. The Hall–Kier alpha value is 0.680. The number of aromatic amines is 1. The van der Waals surface area contributed by atoms with Crippen molar-refractivity contribution in [2.75, 3.05) is 0 Å². The number of rotatable bonds is 0. The Balaban J connectivity index is -0.0000000800. The smallest absolute Gasteiger partial charge is 1.00 e. The van der Waals surface area contributed by atoms with Gasteiger partial charge in [0.2, 0.25) is 5.88 Å². The molecule has 0 spiro atoms. The van der Waals surface area contributed by atoms with E-state index in [0.29, 0.717) is 0 Å². The summed E-state index contributed by atoms with van der Waals surface area (Å²) in [4.78, 5) is 15.8. The molecular weight excluding hydrogens is 154 g/mol. The molecule has 0 radical (unpaired) electrons. The zero-order chi connectivity index (χ0) is 5.98. The average Bonchev–Trinajstić information content (AvgIpc) is 1.64. The molecule has 0 aliphatic heterocycles. The van der Waals surface area contributed by atoms with E-state index in [-0.39, 0.29) is 73.4 Å². The van der Waals surface area contributed by atoms with Crippen LogP contribution < -0.4 is 64.7 Å². The Kier molecular flexibility index (Phi) is 8.49. The molecule has 0 aliphatic rings. The standard InChI is InChI=1S/C4H4N2O2.2Na.2H/c7-3-1-4(8)6-2-5-3;;;;/h1-2H,(H2,5,6,7,8);;;;/q;2*+1;2*-1. The minimum Gasteiger partial charge on any atom is -1.00 e. The zero-order valence-electron chi connectivity index (χ0n) is 7.96. The first-order chi connectivity index (χ1) is 3.79. The van der Waals surface area contributed by atoms with E-state index < -0.39 is 0 Å². The van der Waals surface area contributed by atoms with Crippen LogP contribution in [-0.2, 0) is 0 Å². The minimum atomic E-state index is -0.350. The normalized spacial score (nSPS) is 7.20. The number of hydrogen-bond acceptors (Lipinski definition) is 3. The molecule has 0 aliphatic carbocycles. The second-order valence-electron chi connectivity index (χ2n) is 1.27. The number of aromatic nitrogens is 2. The largest absolute Gasteiger partial charge is 1.00 e. The van der Waals surface area contributed by atoms with Crippen molar-refractivity contribution in [2.45, 2.75) is 0 Å². The van der Waals surface area contributed by atoms with Gasteiger partial charge in [0.05, 0.1) is 12.4 Å². The van der Waals surface area contributed by atoms with Crippen molar-refractivity contribution in [1.29, 1.82) is 0 Å². The third kappa shape index (κ3) is 4.49. The molecule has 1 rings (SSSR count). The van der Waals surface area contributed by atoms with Gasteiger partial charge in [-0.2, -0.15) is 0 Å². The summed E-state index contributed by atoms with van der Waals surface area (Å²) in [6.45, 7) is 0. The third-order valence-corrected chi connectivity index (χ3v) is 0.664. The SMILES string of the molecule is O=c1cc(O)nc[nH]1.[H-].[H-].[Na+].[Na+]. The summed E-state index contributed by atoms with van der Waals surface area (Å²) in [5, 5.41) is 8.48. The Morgan fingerprint density at radius 2 is 2.20 bits per heavy atom. The molecular formula is C4H6N2Na2O2. The fourth-order valence-corrected chi connectivity index (χ4v) is 0.358. The monoisotopic (exact) mass is 160 g/mol. The van der Waals surface area contributed by atoms with E-state index in [0.717, 1.165) is 12.4 Å². The van der Waals surface area contributed by atoms with Gasteiger partial charge in [-0.15, -0.1) is 0 Å². The predicted molar refractivity (Wildman–Crippen MR) is 28.7 cm³/mol. The van der Waals surface area contributed by atoms with E-state index >= 15 is 0 Å². The maximum atomic E-state index is 10.2. The second kappa shape index (κ2) is 6.39. The summed E-state index contributed by atoms with van der Waals surface area (Å²) in [7, 11) is 0. The van der Waals surface area contributed by atoms with Gasteiger partial charge in [-0.25, -0.2) is 4.98 Å². The quantitative estimate of drug-likeness (QED) is 0.371. The number of H-pyrrole nitrogens is 1. The van der Waals surface area contributed by atoms with E-state index in [1.165, 1.54) is 0 Å². The van der Waals surface area contributed by atoms with Crippen molar-refractivity contribution in [2.24, 2.45) is 0 Å². The third-order valence-electron chi connectivity index (χ3n) is 0.664. The number of nitrogens with zero attached hydrogens (tertiary/aromatic N) is 1. The van der Waals surface area contributed by atoms with Gasteiger partial charge in [-0.05, 0) is 0 Å². The van der Waals surface area contributed by atoms with Crippen molar-refractivity contribution in [3.8, 4) is 5.88 Å². The summed E-state index contributed by atoms with van der Waals surface area (Å²) in [6, 6.07) is 1.00. The molecule has 0 atom stereocenters. The topological polar surface area (TPSA) is 66.0 Å². The van der Waals surface area contributed by atoms with Gasteiger partial charge in [0, 0.05) is 0 Å². The van der Waals surface area contributed by atoms with Crippen molar-refractivity contribution in [3.05, 3.63) is 22.7 Å². The Morgan fingerprint density at radius 3 is 2.50 bits per heavy atom. The van der Waals surface area contributed by atoms with E-state index in [9.17, 15) is 4.79 Å². The van der Waals surface area contributed by atoms with Crippen molar-refractivity contribution >= 4 is 0 Å². The van der Waals surface area contributed by atoms with Crippen LogP contribution in [0.25, 0.3) is 0 Å². The molecule has 10 heavy (non-hydrogen) atoms. The fraction of sp³-hybridized carbons (Fsp3) is 0. The van der Waals surface area contributed by atoms with Crippen LogP contribution in [0.3, 0.4) is 0 Å². The summed E-state index contributed by atoms with van der Waals surface area (Å²) in [5.74, 6) is -0.256. The molecule has 0 fully saturated rings. The molecule has 1 aromatic heterocycles. The van der Waals surface area contributed by atoms with Gasteiger partial charge < -0.3 is 12.9 Å². The summed E-state index contributed by atoms with van der Waals surface area (Å²) >= 11 is 0. The molecule has 0 aromatic carbocycles. The van der Waals surface area contributed by atoms with Gasteiger partial charge >= 0.3 is 59.1 Å². The Bertz CT molecular complexity index is 244. The van der Waals surface area contributed by atoms with Gasteiger partial charge in [0.15, 0.2) is 0 Å². The molecule has 0 amide bonds. The second-order valence-corrected chi connectivity index (χ2v) is 1.27. The van der Waals surface area contributed by atoms with Crippen LogP contribution in [0.2, 0.25) is 0 Å². The van der Waals surface area contributed by atoms with Crippen molar-refractivity contribution < 1.29 is 67.1 Å². The molecule has 2 N–H and O–H groups in total. The zero-order valence-corrected chi connectivity index (χ0v) is 9.96. The maximum absolute atomic E-state index is 10.2. The van der Waals surface area contributed by atoms with Gasteiger partial charge in [0.1, 0.15) is 0 Å². The van der Waals surface area contributed by atoms with E-state index in [4.69, 9.17) is 5.11 Å². The van der Waals surface area contributed by atoms with Gasteiger partial charge in [-0.1, -0.05) is 0 Å². The van der Waals surface area contributed by atoms with Crippen LogP contribution >= 0.6 is 0 Å². The molecule has 0 unspecified atom stereocenters. The molecule has 0 bridgehead atoms. The minimum absolute atomic E-state index is 0. The number of hydrogen-bond donors (Lipinski definition) is 2. The van der Waals surface area contributed by atoms with Gasteiger partial charge in [0.25, 0.3) is 5.56 Å². The Labute approximate surface area is 105 Å². The van der Waals surface area contributed by atoms with Gasteiger partial charge in [-0.3, -0.25) is 4.79 Å². The summed E-state index contributed by atoms with van der Waals surface area (Å²) < 4.78 is 0. The Morgan fingerprint density at radius 1 is 1.60 bits per heavy atom. The summed E-state index contributed by atoms with van der Waals surface area (Å²) in [6.07, 6.45) is 1.14. The fourth-order valence-electron chi connectivity index (χ4n) is 0.358. The first-order valence-electron chi connectivity index (χ1n) is 2.03. The number of aromatic hydroxyl groups is 1. The van der Waals surface area contributed by atoms with E-state index in [2.05, 4.69) is 9.97 Å². The van der Waals surface area contributed by atoms with Crippen molar-refractivity contribution in [3.63, 3.8) is 0 Å². The number of nitrogens with one attached hydrogen (secondary N) is 1. The molecule has 46 valence electrons. The van der Waals surface area contributed by atoms with Crippen LogP contribution in [0.15, 0.2) is 17.2 Å². The molecule has 0 saturated carbocycles. The van der Waals surface area contributed by atoms with Crippen LogP contribution in [0.4, 0.5) is 0 Å². The molecule has 1 aromatic rings. The summed E-state index contributed by atoms with van der Waals surface area (Å²) in [5.41, 5.74) is -0.350. The molecule has 6 heteroatoms. The maximum Gasteiger partial charge on any atom is 1.00 e. The van der Waals surface area contributed by atoms with Crippen LogP contribution in [-0.4, -0.2) is 15.1 Å². The van der Waals surface area contributed by atoms with Crippen LogP contribution in [0.1, 0.15) is 2.85 Å². The molecule has 1 heterocycles. The van der Waals surface area contributed by atoms with E-state index in [1.54, 1.807) is 0 Å².